The Hall–Kier alpha value is -4.68. The van der Waals surface area contributed by atoms with E-state index >= 15 is 0 Å². The lowest BCUT2D eigenvalue weighted by molar-refractivity contribution is -0.136. The number of aromatic nitrogens is 2. The summed E-state index contributed by atoms with van der Waals surface area (Å²) in [5.74, 6) is 0.279. The Morgan fingerprint density at radius 1 is 1.08 bits per heavy atom. The van der Waals surface area contributed by atoms with E-state index in [9.17, 15) is 19.8 Å². The topological polar surface area (TPSA) is 172 Å². The summed E-state index contributed by atoms with van der Waals surface area (Å²) in [6.45, 7) is 3.20. The molecule has 12 nitrogen and oxygen atoms in total. The van der Waals surface area contributed by atoms with Crippen LogP contribution in [0.1, 0.15) is 86.0 Å². The average molecular weight is 654 g/mol. The monoisotopic (exact) mass is 653 g/mol. The van der Waals surface area contributed by atoms with Crippen molar-refractivity contribution < 1.29 is 33.4 Å². The van der Waals surface area contributed by atoms with Crippen LogP contribution >= 0.6 is 0 Å². The molecule has 0 radical (unpaired) electrons. The highest BCUT2D eigenvalue weighted by Crippen LogP contribution is 2.59. The molecule has 2 amide bonds. The third-order valence-electron chi connectivity index (χ3n) is 10.3. The number of oxazole rings is 2. The zero-order valence-corrected chi connectivity index (χ0v) is 26.9. The smallest absolute Gasteiger partial charge is 0.249 e. The van der Waals surface area contributed by atoms with Gasteiger partial charge in [-0.2, -0.15) is 0 Å². The van der Waals surface area contributed by atoms with E-state index in [0.29, 0.717) is 28.8 Å². The molecule has 48 heavy (non-hydrogen) atoms. The van der Waals surface area contributed by atoms with Gasteiger partial charge in [0.2, 0.25) is 23.6 Å². The zero-order valence-electron chi connectivity index (χ0n) is 26.9. The van der Waals surface area contributed by atoms with E-state index in [1.807, 2.05) is 42.5 Å². The van der Waals surface area contributed by atoms with Crippen molar-refractivity contribution in [1.29, 1.82) is 0 Å². The predicted octanol–water partition coefficient (Wildman–Crippen LogP) is 4.10. The van der Waals surface area contributed by atoms with Crippen LogP contribution < -0.4 is 20.7 Å². The summed E-state index contributed by atoms with van der Waals surface area (Å²) < 4.78 is 19.5. The first-order valence-electron chi connectivity index (χ1n) is 16.8. The van der Waals surface area contributed by atoms with E-state index in [0.717, 1.165) is 54.5 Å². The van der Waals surface area contributed by atoms with Gasteiger partial charge in [0, 0.05) is 17.7 Å². The van der Waals surface area contributed by atoms with Gasteiger partial charge in [0.15, 0.2) is 17.7 Å². The molecular weight excluding hydrogens is 614 g/mol. The molecule has 4 aromatic rings. The lowest BCUT2D eigenvalue weighted by Gasteiger charge is -2.31. The van der Waals surface area contributed by atoms with Gasteiger partial charge in [-0.05, 0) is 47.9 Å². The Labute approximate surface area is 277 Å². The molecule has 250 valence electrons. The Morgan fingerprint density at radius 2 is 1.90 bits per heavy atom. The molecule has 12 heteroatoms. The maximum atomic E-state index is 14.2. The Morgan fingerprint density at radius 3 is 2.67 bits per heavy atom. The number of nitrogens with zero attached hydrogens (tertiary/aromatic N) is 2. The lowest BCUT2D eigenvalue weighted by Crippen LogP contribution is -2.53. The second-order valence-corrected chi connectivity index (χ2v) is 13.7. The minimum atomic E-state index is -1.27. The quantitative estimate of drug-likeness (QED) is 0.204. The number of carbonyl (C=O) groups is 2. The fourth-order valence-electron chi connectivity index (χ4n) is 7.83. The molecule has 1 spiro atoms. The van der Waals surface area contributed by atoms with Gasteiger partial charge in [-0.15, -0.1) is 0 Å². The van der Waals surface area contributed by atoms with Gasteiger partial charge in [-0.3, -0.25) is 9.59 Å². The standard InChI is InChI=1S/C36H39N5O7/c1-18(2)29(43)32(45)38-25-15-19-12-13-26-23(14-19)36(22-10-6-7-11-24(22)39-35(36)47-26)30-28(33-37-21(16-42)17-46-33)41-34(48-30)27(40-31(25)44)20-8-4-3-5-9-20/h6-7,10-14,17-18,20,25,27,29,35,39,42-43H,3-5,8-9,15-16H2,1-2H3,(H,38,45)(H,40,44)/t25-,27-,29-,35+,36?/m0/s1. The van der Waals surface area contributed by atoms with Crippen molar-refractivity contribution in [2.75, 3.05) is 5.32 Å². The van der Waals surface area contributed by atoms with Crippen LogP contribution in [-0.4, -0.2) is 50.4 Å². The molecule has 2 aromatic heterocycles. The zero-order chi connectivity index (χ0) is 33.2. The number of rotatable bonds is 6. The number of benzene rings is 2. The normalized spacial score (nSPS) is 25.2. The molecule has 3 aliphatic heterocycles. The van der Waals surface area contributed by atoms with Gasteiger partial charge < -0.3 is 39.7 Å². The van der Waals surface area contributed by atoms with E-state index < -0.39 is 41.6 Å². The highest BCUT2D eigenvalue weighted by atomic mass is 16.5. The first kappa shape index (κ1) is 30.6. The number of carbonyl (C=O) groups excluding carboxylic acids is 2. The Bertz CT molecular complexity index is 1880. The van der Waals surface area contributed by atoms with Crippen LogP contribution in [0.2, 0.25) is 0 Å². The summed E-state index contributed by atoms with van der Waals surface area (Å²) in [6.07, 6.45) is 4.54. The highest BCUT2D eigenvalue weighted by molar-refractivity contribution is 5.90. The maximum Gasteiger partial charge on any atom is 0.249 e. The molecular formula is C36H39N5O7. The summed E-state index contributed by atoms with van der Waals surface area (Å²) in [6, 6.07) is 12.1. The van der Waals surface area contributed by atoms with Crippen LogP contribution in [0.3, 0.4) is 0 Å². The van der Waals surface area contributed by atoms with E-state index in [4.69, 9.17) is 18.6 Å². The molecule has 0 saturated heterocycles. The number of hydrogen-bond donors (Lipinski definition) is 5. The van der Waals surface area contributed by atoms with Crippen molar-refractivity contribution in [3.05, 3.63) is 82.8 Å². The number of aliphatic hydroxyl groups excluding tert-OH is 2. The number of fused-ring (bicyclic) bond motifs is 4. The maximum absolute atomic E-state index is 14.2. The summed E-state index contributed by atoms with van der Waals surface area (Å²) in [4.78, 5) is 37.0. The molecule has 1 unspecified atom stereocenters. The minimum Gasteiger partial charge on any atom is -0.469 e. The molecule has 1 saturated carbocycles. The number of para-hydroxylation sites is 1. The van der Waals surface area contributed by atoms with Gasteiger partial charge >= 0.3 is 0 Å². The van der Waals surface area contributed by atoms with Crippen molar-refractivity contribution in [3.8, 4) is 17.3 Å². The molecule has 5 heterocycles. The van der Waals surface area contributed by atoms with Gasteiger partial charge in [0.05, 0.1) is 6.61 Å². The first-order chi connectivity index (χ1) is 23.3. The van der Waals surface area contributed by atoms with Crippen molar-refractivity contribution in [1.82, 2.24) is 20.6 Å². The Balaban J connectivity index is 1.37. The van der Waals surface area contributed by atoms with Crippen molar-refractivity contribution in [2.45, 2.75) is 88.8 Å². The van der Waals surface area contributed by atoms with Crippen LogP contribution in [0.5, 0.6) is 5.75 Å². The van der Waals surface area contributed by atoms with Gasteiger partial charge in [0.1, 0.15) is 41.3 Å². The lowest BCUT2D eigenvalue weighted by atomic mass is 9.72. The highest BCUT2D eigenvalue weighted by Gasteiger charge is 2.61. The first-order valence-corrected chi connectivity index (χ1v) is 16.8. The van der Waals surface area contributed by atoms with E-state index in [-0.39, 0.29) is 30.8 Å². The Kier molecular flexibility index (Phi) is 7.52. The third kappa shape index (κ3) is 4.80. The predicted molar refractivity (Wildman–Crippen MR) is 173 cm³/mol. The van der Waals surface area contributed by atoms with Crippen molar-refractivity contribution in [2.24, 2.45) is 11.8 Å². The molecule has 1 fully saturated rings. The van der Waals surface area contributed by atoms with Crippen LogP contribution in [0.4, 0.5) is 5.69 Å². The van der Waals surface area contributed by atoms with Crippen LogP contribution in [-0.2, 0) is 28.0 Å². The van der Waals surface area contributed by atoms with E-state index in [1.54, 1.807) is 13.8 Å². The van der Waals surface area contributed by atoms with Crippen LogP contribution in [0.25, 0.3) is 11.6 Å². The molecule has 5 atom stereocenters. The largest absolute Gasteiger partial charge is 0.469 e. The molecule has 4 aliphatic rings. The fourth-order valence-corrected chi connectivity index (χ4v) is 7.83. The number of hydrogen-bond acceptors (Lipinski definition) is 10. The number of amides is 2. The van der Waals surface area contributed by atoms with E-state index in [1.165, 1.54) is 6.26 Å². The molecule has 4 bridgehead atoms. The summed E-state index contributed by atoms with van der Waals surface area (Å²) in [7, 11) is 0. The average Bonchev–Trinajstić information content (AvgIpc) is 3.87. The number of aliphatic hydroxyl groups is 2. The summed E-state index contributed by atoms with van der Waals surface area (Å²) in [5.41, 5.74) is 3.07. The summed E-state index contributed by atoms with van der Waals surface area (Å²) in [5, 5.41) is 30.1. The van der Waals surface area contributed by atoms with Gasteiger partial charge in [0.25, 0.3) is 0 Å². The summed E-state index contributed by atoms with van der Waals surface area (Å²) >= 11 is 0. The van der Waals surface area contributed by atoms with Crippen molar-refractivity contribution >= 4 is 17.5 Å². The molecule has 2 aromatic carbocycles. The minimum absolute atomic E-state index is 0.0238. The SMILES string of the molecule is CC(C)[C@H](O)C(=O)N[C@H]1Cc2ccc3c(c2)C2(c4ccccc4N[C@@H]2O3)c2oc(nc2-c2nc(CO)co2)[C@H](C2CCCCC2)NC1=O. The van der Waals surface area contributed by atoms with Gasteiger partial charge in [-0.1, -0.05) is 63.4 Å². The second kappa shape index (κ2) is 11.8. The van der Waals surface area contributed by atoms with Crippen molar-refractivity contribution in [3.63, 3.8) is 0 Å². The molecule has 5 N–H and O–H groups in total. The third-order valence-corrected chi connectivity index (χ3v) is 10.3. The molecule has 8 rings (SSSR count). The number of ether oxygens (including phenoxy) is 1. The number of nitrogens with one attached hydrogen (secondary N) is 3. The fraction of sp³-hybridized carbons (Fsp3) is 0.444. The van der Waals surface area contributed by atoms with Crippen LogP contribution in [0.15, 0.2) is 57.6 Å². The van der Waals surface area contributed by atoms with E-state index in [2.05, 4.69) is 20.9 Å². The number of anilines is 1. The van der Waals surface area contributed by atoms with Crippen LogP contribution in [0, 0.1) is 11.8 Å². The van der Waals surface area contributed by atoms with Gasteiger partial charge in [-0.25, -0.2) is 9.97 Å². The molecule has 1 aliphatic carbocycles. The second-order valence-electron chi connectivity index (χ2n) is 13.7.